The molecule has 3 aromatic rings. The fraction of sp³-hybridized carbons (Fsp3) is 0.543. The van der Waals surface area contributed by atoms with Gasteiger partial charge in [-0.3, -0.25) is 4.90 Å². The molecule has 0 bridgehead atoms. The van der Waals surface area contributed by atoms with Crippen LogP contribution in [0.2, 0.25) is 0 Å². The van der Waals surface area contributed by atoms with Gasteiger partial charge in [0.25, 0.3) is 0 Å². The molecule has 0 aliphatic carbocycles. The molecule has 0 amide bonds. The SMILES string of the molecule is COc1cc(C)c(S(=O)(=O)N2CCCCC2COc2ccnc(N(C)CCN3CCC(c4ccccc4)(N(C)C)CC3)n2)c(C)c1. The zero-order chi connectivity index (χ0) is 32.9. The standard InChI is InChI=1S/C35H50N6O4S/c1-27-24-31(44-6)25-28(2)33(27)46(42,43)41-19-11-10-14-30(41)26-45-32-15-18-36-34(37-32)39(5)22-23-40-20-16-35(17-21-40,38(3)4)29-12-8-7-9-13-29/h7-9,12-13,15,18,24-25,30H,10-11,14,16-17,19-23,26H2,1-6H3. The van der Waals surface area contributed by atoms with Crippen molar-refractivity contribution in [3.8, 4) is 11.6 Å². The zero-order valence-corrected chi connectivity index (χ0v) is 29.1. The molecule has 0 radical (unpaired) electrons. The summed E-state index contributed by atoms with van der Waals surface area (Å²) in [5.41, 5.74) is 2.83. The molecule has 2 aliphatic rings. The maximum atomic E-state index is 13.9. The van der Waals surface area contributed by atoms with Crippen LogP contribution in [-0.4, -0.2) is 106 Å². The van der Waals surface area contributed by atoms with Crippen LogP contribution in [0.5, 0.6) is 11.6 Å². The third-order valence-corrected chi connectivity index (χ3v) is 12.1. The molecule has 3 heterocycles. The number of likely N-dealkylation sites (N-methyl/N-ethyl adjacent to an activating group) is 1. The number of anilines is 1. The molecule has 2 aromatic carbocycles. The highest BCUT2D eigenvalue weighted by Crippen LogP contribution is 2.37. The molecule has 0 saturated carbocycles. The molecule has 0 spiro atoms. The first kappa shape index (κ1) is 34.1. The lowest BCUT2D eigenvalue weighted by Gasteiger charge is -2.47. The van der Waals surface area contributed by atoms with Crippen molar-refractivity contribution in [2.24, 2.45) is 0 Å². The maximum Gasteiger partial charge on any atom is 0.243 e. The maximum absolute atomic E-state index is 13.9. The Balaban J connectivity index is 1.18. The van der Waals surface area contributed by atoms with Gasteiger partial charge in [0.05, 0.1) is 18.0 Å². The Bertz CT molecular complexity index is 1540. The number of rotatable bonds is 12. The van der Waals surface area contributed by atoms with Crippen molar-refractivity contribution in [2.75, 3.05) is 72.5 Å². The van der Waals surface area contributed by atoms with Crippen LogP contribution >= 0.6 is 0 Å². The van der Waals surface area contributed by atoms with E-state index in [-0.39, 0.29) is 18.2 Å². The second-order valence-corrected chi connectivity index (χ2v) is 14.7. The van der Waals surface area contributed by atoms with E-state index < -0.39 is 10.0 Å². The van der Waals surface area contributed by atoms with Gasteiger partial charge in [-0.05, 0) is 82.4 Å². The fourth-order valence-corrected chi connectivity index (χ4v) is 9.16. The van der Waals surface area contributed by atoms with Crippen molar-refractivity contribution in [1.82, 2.24) is 24.1 Å². The highest BCUT2D eigenvalue weighted by Gasteiger charge is 2.38. The predicted molar refractivity (Wildman–Crippen MR) is 182 cm³/mol. The zero-order valence-electron chi connectivity index (χ0n) is 28.3. The highest BCUT2D eigenvalue weighted by atomic mass is 32.2. The van der Waals surface area contributed by atoms with Gasteiger partial charge in [0.2, 0.25) is 21.9 Å². The quantitative estimate of drug-likeness (QED) is 0.276. The number of aryl methyl sites for hydroxylation is 2. The van der Waals surface area contributed by atoms with Gasteiger partial charge in [0.15, 0.2) is 0 Å². The first-order valence-corrected chi connectivity index (χ1v) is 17.8. The third-order valence-electron chi connectivity index (χ3n) is 9.79. The summed E-state index contributed by atoms with van der Waals surface area (Å²) in [5.74, 6) is 1.70. The summed E-state index contributed by atoms with van der Waals surface area (Å²) in [7, 11) is 4.26. The molecule has 250 valence electrons. The fourth-order valence-electron chi connectivity index (χ4n) is 7.07. The van der Waals surface area contributed by atoms with Crippen LogP contribution in [0.3, 0.4) is 0 Å². The summed E-state index contributed by atoms with van der Waals surface area (Å²) in [6, 6.07) is 15.9. The van der Waals surface area contributed by atoms with Crippen LogP contribution in [0.1, 0.15) is 48.8 Å². The lowest BCUT2D eigenvalue weighted by molar-refractivity contribution is 0.0550. The minimum absolute atomic E-state index is 0.0674. The average Bonchev–Trinajstić information content (AvgIpc) is 3.06. The first-order chi connectivity index (χ1) is 22.0. The summed E-state index contributed by atoms with van der Waals surface area (Å²) in [5, 5.41) is 0. The minimum atomic E-state index is -3.72. The number of piperidine rings is 2. The average molecular weight is 651 g/mol. The monoisotopic (exact) mass is 650 g/mol. The Morgan fingerprint density at radius 3 is 2.33 bits per heavy atom. The Morgan fingerprint density at radius 1 is 0.978 bits per heavy atom. The molecule has 1 aromatic heterocycles. The minimum Gasteiger partial charge on any atom is -0.497 e. The van der Waals surface area contributed by atoms with Gasteiger partial charge in [0.1, 0.15) is 12.4 Å². The van der Waals surface area contributed by atoms with E-state index in [1.54, 1.807) is 35.8 Å². The Hall–Kier alpha value is -3.25. The molecule has 46 heavy (non-hydrogen) atoms. The number of benzene rings is 2. The number of hydrogen-bond acceptors (Lipinski definition) is 9. The third kappa shape index (κ3) is 7.33. The van der Waals surface area contributed by atoms with Gasteiger partial charge in [-0.25, -0.2) is 13.4 Å². The topological polar surface area (TPSA) is 91.3 Å². The van der Waals surface area contributed by atoms with Crippen molar-refractivity contribution < 1.29 is 17.9 Å². The van der Waals surface area contributed by atoms with E-state index in [1.165, 1.54) is 5.56 Å². The molecule has 11 heteroatoms. The smallest absolute Gasteiger partial charge is 0.243 e. The molecular weight excluding hydrogens is 600 g/mol. The van der Waals surface area contributed by atoms with Crippen molar-refractivity contribution in [1.29, 1.82) is 0 Å². The first-order valence-electron chi connectivity index (χ1n) is 16.3. The molecule has 5 rings (SSSR count). The lowest BCUT2D eigenvalue weighted by atomic mass is 9.80. The number of methoxy groups -OCH3 is 1. The molecule has 10 nitrogen and oxygen atoms in total. The van der Waals surface area contributed by atoms with Crippen LogP contribution < -0.4 is 14.4 Å². The van der Waals surface area contributed by atoms with Crippen molar-refractivity contribution in [2.45, 2.75) is 62.4 Å². The predicted octanol–water partition coefficient (Wildman–Crippen LogP) is 4.71. The van der Waals surface area contributed by atoms with Crippen molar-refractivity contribution in [3.63, 3.8) is 0 Å². The normalized spacial score (nSPS) is 19.2. The summed E-state index contributed by atoms with van der Waals surface area (Å²) >= 11 is 0. The van der Waals surface area contributed by atoms with Crippen LogP contribution in [0.25, 0.3) is 0 Å². The summed E-state index contributed by atoms with van der Waals surface area (Å²) in [6.07, 6.45) is 6.39. The molecular formula is C35H50N6O4S. The van der Waals surface area contributed by atoms with Gasteiger partial charge in [-0.15, -0.1) is 0 Å². The van der Waals surface area contributed by atoms with Crippen LogP contribution in [0.4, 0.5) is 5.95 Å². The number of ether oxygens (including phenoxy) is 2. The summed E-state index contributed by atoms with van der Waals surface area (Å²) in [6.45, 7) is 8.12. The largest absolute Gasteiger partial charge is 0.497 e. The summed E-state index contributed by atoms with van der Waals surface area (Å²) in [4.78, 5) is 16.5. The van der Waals surface area contributed by atoms with Crippen LogP contribution in [0, 0.1) is 13.8 Å². The van der Waals surface area contributed by atoms with Gasteiger partial charge in [-0.1, -0.05) is 36.8 Å². The number of hydrogen-bond donors (Lipinski definition) is 0. The second kappa shape index (κ2) is 14.7. The Morgan fingerprint density at radius 2 is 1.67 bits per heavy atom. The van der Waals surface area contributed by atoms with Gasteiger partial charge < -0.3 is 19.3 Å². The van der Waals surface area contributed by atoms with Crippen LogP contribution in [0.15, 0.2) is 59.6 Å². The van der Waals surface area contributed by atoms with E-state index in [9.17, 15) is 8.42 Å². The number of likely N-dealkylation sites (tertiary alicyclic amines) is 1. The number of aromatic nitrogens is 2. The van der Waals surface area contributed by atoms with Gasteiger partial charge in [-0.2, -0.15) is 9.29 Å². The lowest BCUT2D eigenvalue weighted by Crippen LogP contribution is -2.51. The van der Waals surface area contributed by atoms with Gasteiger partial charge in [0, 0.05) is 57.6 Å². The Labute approximate surface area is 275 Å². The molecule has 1 atom stereocenters. The van der Waals surface area contributed by atoms with E-state index in [0.717, 1.165) is 58.3 Å². The van der Waals surface area contributed by atoms with E-state index in [1.807, 2.05) is 20.9 Å². The van der Waals surface area contributed by atoms with E-state index >= 15 is 0 Å². The summed E-state index contributed by atoms with van der Waals surface area (Å²) < 4.78 is 41.0. The molecule has 2 aliphatic heterocycles. The molecule has 1 unspecified atom stereocenters. The Kier molecular flexibility index (Phi) is 10.9. The van der Waals surface area contributed by atoms with Gasteiger partial charge >= 0.3 is 0 Å². The number of nitrogens with zero attached hydrogens (tertiary/aromatic N) is 6. The molecule has 2 fully saturated rings. The van der Waals surface area contributed by atoms with Crippen molar-refractivity contribution >= 4 is 16.0 Å². The molecule has 2 saturated heterocycles. The van der Waals surface area contributed by atoms with E-state index in [0.29, 0.717) is 40.1 Å². The van der Waals surface area contributed by atoms with Crippen molar-refractivity contribution in [3.05, 3.63) is 71.4 Å². The highest BCUT2D eigenvalue weighted by molar-refractivity contribution is 7.89. The van der Waals surface area contributed by atoms with E-state index in [2.05, 4.69) is 69.1 Å². The number of sulfonamides is 1. The molecule has 0 N–H and O–H groups in total. The van der Waals surface area contributed by atoms with E-state index in [4.69, 9.17) is 9.47 Å². The van der Waals surface area contributed by atoms with Crippen LogP contribution in [-0.2, 0) is 15.6 Å². The second-order valence-electron chi connectivity index (χ2n) is 12.9.